The van der Waals surface area contributed by atoms with Crippen LogP contribution in [0.25, 0.3) is 0 Å². The fraction of sp³-hybridized carbons (Fsp3) is 0.957. The van der Waals surface area contributed by atoms with Crippen LogP contribution in [0.3, 0.4) is 0 Å². The number of hydrogen-bond acceptors (Lipinski definition) is 9. The Morgan fingerprint density at radius 3 is 2.59 bits per heavy atom. The van der Waals surface area contributed by atoms with Crippen LogP contribution < -0.4 is 0 Å². The number of aliphatic hydroxyl groups is 4. The third-order valence-corrected chi connectivity index (χ3v) is 10.1. The minimum absolute atomic E-state index is 0.0284. The van der Waals surface area contributed by atoms with Crippen LogP contribution in [0, 0.1) is 28.6 Å². The molecule has 7 fully saturated rings. The molecule has 0 aromatic heterocycles. The molecular formula is C23H35NO8. The third-order valence-electron chi connectivity index (χ3n) is 10.1. The predicted molar refractivity (Wildman–Crippen MR) is 110 cm³/mol. The lowest BCUT2D eigenvalue weighted by atomic mass is 9.30. The first kappa shape index (κ1) is 21.7. The third kappa shape index (κ3) is 2.46. The van der Waals surface area contributed by atoms with Crippen molar-refractivity contribution in [1.29, 1.82) is 0 Å². The van der Waals surface area contributed by atoms with Crippen LogP contribution >= 0.6 is 0 Å². The average molecular weight is 454 g/mol. The summed E-state index contributed by atoms with van der Waals surface area (Å²) in [7, 11) is 0. The van der Waals surface area contributed by atoms with Gasteiger partial charge in [-0.05, 0) is 38.5 Å². The predicted octanol–water partition coefficient (Wildman–Crippen LogP) is 0.525. The van der Waals surface area contributed by atoms with Crippen molar-refractivity contribution in [1.82, 2.24) is 0 Å². The van der Waals surface area contributed by atoms with Gasteiger partial charge in [0.05, 0.1) is 6.61 Å². The van der Waals surface area contributed by atoms with E-state index in [1.54, 1.807) is 0 Å². The van der Waals surface area contributed by atoms with Crippen LogP contribution in [0.15, 0.2) is 4.99 Å². The fourth-order valence-corrected chi connectivity index (χ4v) is 8.41. The van der Waals surface area contributed by atoms with Crippen molar-refractivity contribution in [3.63, 3.8) is 0 Å². The summed E-state index contributed by atoms with van der Waals surface area (Å²) < 4.78 is 11.9. The van der Waals surface area contributed by atoms with Crippen molar-refractivity contribution in [2.45, 2.75) is 101 Å². The molecule has 3 heterocycles. The lowest BCUT2D eigenvalue weighted by molar-refractivity contribution is -0.482. The number of aliphatic imine (C=N–C) groups is 1. The molecular weight excluding hydrogens is 418 g/mol. The van der Waals surface area contributed by atoms with Gasteiger partial charge in [0.2, 0.25) is 0 Å². The molecule has 4 N–H and O–H groups in total. The first-order valence-electron chi connectivity index (χ1n) is 12.1. The molecule has 0 aromatic rings. The van der Waals surface area contributed by atoms with Crippen LogP contribution in [-0.4, -0.2) is 81.4 Å². The number of fused-ring (bicyclic) bond motifs is 4. The van der Waals surface area contributed by atoms with Crippen molar-refractivity contribution >= 4 is 5.90 Å². The summed E-state index contributed by atoms with van der Waals surface area (Å²) in [5.74, 6) is 1.29. The molecule has 13 atom stereocenters. The molecule has 9 nitrogen and oxygen atoms in total. The van der Waals surface area contributed by atoms with Crippen molar-refractivity contribution in [2.24, 2.45) is 33.6 Å². The van der Waals surface area contributed by atoms with E-state index in [0.29, 0.717) is 24.2 Å². The maximum absolute atomic E-state index is 10.6. The highest BCUT2D eigenvalue weighted by atomic mass is 17.2. The molecule has 3 bridgehead atoms. The summed E-state index contributed by atoms with van der Waals surface area (Å²) in [6.45, 7) is 6.01. The van der Waals surface area contributed by atoms with Crippen molar-refractivity contribution in [3.05, 3.63) is 0 Å². The zero-order valence-electron chi connectivity index (χ0n) is 18.9. The van der Waals surface area contributed by atoms with Gasteiger partial charge >= 0.3 is 0 Å². The minimum Gasteiger partial charge on any atom is -0.477 e. The van der Waals surface area contributed by atoms with E-state index in [1.165, 1.54) is 0 Å². The summed E-state index contributed by atoms with van der Waals surface area (Å²) in [6.07, 6.45) is -0.505. The van der Waals surface area contributed by atoms with Gasteiger partial charge in [0.1, 0.15) is 42.2 Å². The van der Waals surface area contributed by atoms with E-state index in [0.717, 1.165) is 25.7 Å². The molecule has 0 amide bonds. The molecule has 180 valence electrons. The topological polar surface area (TPSA) is 130 Å². The molecule has 9 heteroatoms. The molecule has 0 aromatic carbocycles. The zero-order valence-corrected chi connectivity index (χ0v) is 18.9. The highest BCUT2D eigenvalue weighted by Gasteiger charge is 2.83. The van der Waals surface area contributed by atoms with Crippen LogP contribution in [-0.2, 0) is 19.2 Å². The summed E-state index contributed by atoms with van der Waals surface area (Å²) >= 11 is 0. The van der Waals surface area contributed by atoms with E-state index in [4.69, 9.17) is 19.2 Å². The van der Waals surface area contributed by atoms with E-state index >= 15 is 0 Å². The van der Waals surface area contributed by atoms with E-state index in [2.05, 4.69) is 25.8 Å². The number of hydrogen-bond donors (Lipinski definition) is 4. The van der Waals surface area contributed by atoms with E-state index in [9.17, 15) is 20.4 Å². The largest absolute Gasteiger partial charge is 0.477 e. The Bertz CT molecular complexity index is 824. The SMILES string of the molecule is C[C@@H]1CCC23C4OO[C@@]5(C)CCC41C2[C@@H](C5)OC(=NC1[C@H](O)O[C@@H](CO)[C@H](O)[C@H]1O)[C@@H]3C. The molecule has 0 radical (unpaired) electrons. The molecule has 5 unspecified atom stereocenters. The maximum Gasteiger partial charge on any atom is 0.187 e. The molecule has 3 aliphatic heterocycles. The van der Waals surface area contributed by atoms with Gasteiger partial charge in [-0.3, -0.25) is 0 Å². The maximum atomic E-state index is 10.6. The smallest absolute Gasteiger partial charge is 0.187 e. The number of aliphatic hydroxyl groups excluding tert-OH is 4. The molecule has 2 spiro atoms. The lowest BCUT2D eigenvalue weighted by Gasteiger charge is -2.77. The second kappa shape index (κ2) is 6.87. The normalized spacial score (nSPS) is 62.0. The Morgan fingerprint density at radius 1 is 1.06 bits per heavy atom. The second-order valence-electron chi connectivity index (χ2n) is 11.4. The van der Waals surface area contributed by atoms with Crippen LogP contribution in [0.4, 0.5) is 0 Å². The monoisotopic (exact) mass is 453 g/mol. The summed E-state index contributed by atoms with van der Waals surface area (Å²) in [5, 5.41) is 40.8. The summed E-state index contributed by atoms with van der Waals surface area (Å²) in [5.41, 5.74) is -0.523. The van der Waals surface area contributed by atoms with Gasteiger partial charge < -0.3 is 29.9 Å². The van der Waals surface area contributed by atoms with Crippen molar-refractivity contribution in [3.8, 4) is 0 Å². The molecule has 7 rings (SSSR count). The Kier molecular flexibility index (Phi) is 4.66. The van der Waals surface area contributed by atoms with Gasteiger partial charge in [0, 0.05) is 29.1 Å². The van der Waals surface area contributed by atoms with Gasteiger partial charge in [-0.15, -0.1) is 0 Å². The minimum atomic E-state index is -1.45. The summed E-state index contributed by atoms with van der Waals surface area (Å²) in [6, 6.07) is -1.10. The fourth-order valence-electron chi connectivity index (χ4n) is 8.41. The Morgan fingerprint density at radius 2 is 1.84 bits per heavy atom. The van der Waals surface area contributed by atoms with Gasteiger partial charge in [0.25, 0.3) is 0 Å². The van der Waals surface area contributed by atoms with Gasteiger partial charge in [-0.25, -0.2) is 14.8 Å². The first-order valence-corrected chi connectivity index (χ1v) is 12.1. The second-order valence-corrected chi connectivity index (χ2v) is 11.4. The molecule has 32 heavy (non-hydrogen) atoms. The van der Waals surface area contributed by atoms with E-state index in [1.807, 2.05) is 0 Å². The highest BCUT2D eigenvalue weighted by molar-refractivity contribution is 5.81. The Balaban J connectivity index is 1.39. The Labute approximate surface area is 187 Å². The average Bonchev–Trinajstić information content (AvgIpc) is 2.95. The van der Waals surface area contributed by atoms with Crippen LogP contribution in [0.5, 0.6) is 0 Å². The zero-order chi connectivity index (χ0) is 22.6. The molecule has 7 aliphatic rings. The van der Waals surface area contributed by atoms with Gasteiger partial charge in [-0.2, -0.15) is 0 Å². The highest BCUT2D eigenvalue weighted by Crippen LogP contribution is 2.79. The van der Waals surface area contributed by atoms with E-state index in [-0.39, 0.29) is 29.0 Å². The standard InChI is InChI=1S/C23H35NO8/c1-10-4-5-23-11(2)18(24-14-16(27)15(26)13(9-25)30-19(14)28)29-12-8-21(3)6-7-22(10,17(12)23)20(23)31-32-21/h10-17,19-20,25-28H,4-9H2,1-3H3/t10-,11+,12-,13+,14?,15+,16+,17?,19-,20?,21+,22?,23?/m1/s1. The van der Waals surface area contributed by atoms with Gasteiger partial charge in [-0.1, -0.05) is 13.8 Å². The van der Waals surface area contributed by atoms with Crippen molar-refractivity contribution in [2.75, 3.05) is 6.61 Å². The number of nitrogens with zero attached hydrogens (tertiary/aromatic N) is 1. The van der Waals surface area contributed by atoms with E-state index < -0.39 is 42.9 Å². The van der Waals surface area contributed by atoms with Gasteiger partial charge in [0.15, 0.2) is 12.2 Å². The quantitative estimate of drug-likeness (QED) is 0.446. The number of rotatable bonds is 2. The molecule has 4 saturated carbocycles. The Hall–Kier alpha value is -0.810. The molecule has 3 saturated heterocycles. The van der Waals surface area contributed by atoms with Crippen LogP contribution in [0.2, 0.25) is 0 Å². The molecule has 4 aliphatic carbocycles. The number of ether oxygens (including phenoxy) is 2. The lowest BCUT2D eigenvalue weighted by Crippen LogP contribution is -2.81. The summed E-state index contributed by atoms with van der Waals surface area (Å²) in [4.78, 5) is 16.9. The van der Waals surface area contributed by atoms with Crippen LogP contribution in [0.1, 0.15) is 52.9 Å². The van der Waals surface area contributed by atoms with Crippen molar-refractivity contribution < 1.29 is 39.7 Å². The first-order chi connectivity index (χ1) is 15.2.